The number of esters is 1. The molecular weight excluding hydrogens is 458 g/mol. The molecule has 0 aromatic carbocycles. The zero-order valence-corrected chi connectivity index (χ0v) is 21.0. The fourth-order valence-corrected chi connectivity index (χ4v) is 4.99. The van der Waals surface area contributed by atoms with E-state index >= 15 is 0 Å². The molecule has 0 bridgehead atoms. The van der Waals surface area contributed by atoms with Crippen molar-refractivity contribution in [2.75, 3.05) is 33.4 Å². The van der Waals surface area contributed by atoms with Crippen molar-refractivity contribution in [3.05, 3.63) is 52.5 Å². The van der Waals surface area contributed by atoms with Crippen LogP contribution in [0.15, 0.2) is 24.4 Å². The molecular formula is C27H33N5O4. The van der Waals surface area contributed by atoms with Crippen LogP contribution in [0.4, 0.5) is 4.79 Å². The van der Waals surface area contributed by atoms with Gasteiger partial charge in [-0.2, -0.15) is 5.26 Å². The van der Waals surface area contributed by atoms with E-state index in [-0.39, 0.29) is 25.0 Å². The highest BCUT2D eigenvalue weighted by molar-refractivity contribution is 5.78. The first-order valence-corrected chi connectivity index (χ1v) is 12.7. The Balaban J connectivity index is 1.42. The number of amides is 2. The van der Waals surface area contributed by atoms with Crippen LogP contribution in [0.1, 0.15) is 66.7 Å². The van der Waals surface area contributed by atoms with Gasteiger partial charge in [-0.1, -0.05) is 6.07 Å². The van der Waals surface area contributed by atoms with Gasteiger partial charge in [-0.15, -0.1) is 0 Å². The number of ether oxygens (including phenoxy) is 2. The predicted octanol–water partition coefficient (Wildman–Crippen LogP) is 3.60. The minimum atomic E-state index is -0.465. The van der Waals surface area contributed by atoms with Gasteiger partial charge in [0, 0.05) is 37.6 Å². The molecule has 1 aliphatic heterocycles. The third kappa shape index (κ3) is 5.76. The molecule has 0 spiro atoms. The van der Waals surface area contributed by atoms with Gasteiger partial charge in [0.2, 0.25) is 5.88 Å². The lowest BCUT2D eigenvalue weighted by Crippen LogP contribution is -2.36. The first-order chi connectivity index (χ1) is 17.5. The average Bonchev–Trinajstić information content (AvgIpc) is 3.26. The molecule has 9 heteroatoms. The van der Waals surface area contributed by atoms with Crippen molar-refractivity contribution >= 4 is 12.0 Å². The van der Waals surface area contributed by atoms with E-state index in [0.29, 0.717) is 43.9 Å². The van der Waals surface area contributed by atoms with Crippen LogP contribution in [-0.2, 0) is 28.8 Å². The number of carbonyl (C=O) groups is 2. The molecule has 1 fully saturated rings. The number of carbonyl (C=O) groups excluding carboxylic acids is 2. The standard InChI is InChI=1S/C27H33N5O4/c1-3-36-26(33)16-24(20-10-11-25(35-2)29-18-20)32-14-13-31(27(32)34)12-6-9-23-21(17-28)15-19-7-4-5-8-22(19)30-23/h10-11,15,18,24H,3-9,12-14,16H2,1-2H3/t24-/m0/s1. The van der Waals surface area contributed by atoms with Crippen molar-refractivity contribution < 1.29 is 19.1 Å². The van der Waals surface area contributed by atoms with Gasteiger partial charge in [-0.25, -0.2) is 9.78 Å². The van der Waals surface area contributed by atoms with E-state index in [9.17, 15) is 14.9 Å². The Morgan fingerprint density at radius 2 is 2.08 bits per heavy atom. The number of hydrogen-bond donors (Lipinski definition) is 0. The van der Waals surface area contributed by atoms with Crippen LogP contribution >= 0.6 is 0 Å². The van der Waals surface area contributed by atoms with E-state index in [1.165, 1.54) is 5.56 Å². The van der Waals surface area contributed by atoms with Crippen molar-refractivity contribution in [1.82, 2.24) is 19.8 Å². The number of urea groups is 1. The molecule has 9 nitrogen and oxygen atoms in total. The number of rotatable bonds is 10. The van der Waals surface area contributed by atoms with E-state index in [2.05, 4.69) is 11.1 Å². The summed E-state index contributed by atoms with van der Waals surface area (Å²) in [7, 11) is 1.54. The number of methoxy groups -OCH3 is 1. The van der Waals surface area contributed by atoms with Crippen molar-refractivity contribution in [2.24, 2.45) is 0 Å². The molecule has 2 aromatic heterocycles. The second-order valence-electron chi connectivity index (χ2n) is 9.13. The molecule has 0 unspecified atom stereocenters. The van der Waals surface area contributed by atoms with Crippen LogP contribution in [0.25, 0.3) is 0 Å². The lowest BCUT2D eigenvalue weighted by Gasteiger charge is -2.27. The maximum absolute atomic E-state index is 13.3. The van der Waals surface area contributed by atoms with Gasteiger partial charge in [0.1, 0.15) is 6.07 Å². The normalized spacial score (nSPS) is 15.9. The number of pyridine rings is 2. The summed E-state index contributed by atoms with van der Waals surface area (Å²) in [5.74, 6) is 0.114. The predicted molar refractivity (Wildman–Crippen MR) is 132 cm³/mol. The van der Waals surface area contributed by atoms with E-state index in [1.54, 1.807) is 36.1 Å². The summed E-state index contributed by atoms with van der Waals surface area (Å²) in [6, 6.07) is 7.28. The first-order valence-electron chi connectivity index (χ1n) is 12.7. The quantitative estimate of drug-likeness (QED) is 0.467. The lowest BCUT2D eigenvalue weighted by molar-refractivity contribution is -0.144. The van der Waals surface area contributed by atoms with Crippen LogP contribution in [-0.4, -0.2) is 65.1 Å². The van der Waals surface area contributed by atoms with Crippen molar-refractivity contribution in [1.29, 1.82) is 5.26 Å². The monoisotopic (exact) mass is 491 g/mol. The van der Waals surface area contributed by atoms with Crippen LogP contribution in [0, 0.1) is 11.3 Å². The highest BCUT2D eigenvalue weighted by Gasteiger charge is 2.35. The Labute approximate surface area is 212 Å². The zero-order chi connectivity index (χ0) is 25.5. The summed E-state index contributed by atoms with van der Waals surface area (Å²) < 4.78 is 10.3. The largest absolute Gasteiger partial charge is 0.481 e. The molecule has 1 aliphatic carbocycles. The lowest BCUT2D eigenvalue weighted by atomic mass is 9.93. The topological polar surface area (TPSA) is 109 Å². The van der Waals surface area contributed by atoms with Crippen LogP contribution in [0.3, 0.4) is 0 Å². The van der Waals surface area contributed by atoms with Gasteiger partial charge < -0.3 is 19.3 Å². The second-order valence-corrected chi connectivity index (χ2v) is 9.13. The SMILES string of the molecule is CCOC(=O)C[C@@H](c1ccc(OC)nc1)N1CCN(CCCc2nc3c(cc2C#N)CCCC3)C1=O. The maximum atomic E-state index is 13.3. The Morgan fingerprint density at radius 1 is 1.25 bits per heavy atom. The van der Waals surface area contributed by atoms with Crippen molar-refractivity contribution in [3.8, 4) is 11.9 Å². The molecule has 0 radical (unpaired) electrons. The van der Waals surface area contributed by atoms with Crippen molar-refractivity contribution in [3.63, 3.8) is 0 Å². The van der Waals surface area contributed by atoms with Gasteiger partial charge in [0.25, 0.3) is 0 Å². The maximum Gasteiger partial charge on any atom is 0.320 e. The fourth-order valence-electron chi connectivity index (χ4n) is 4.99. The fraction of sp³-hybridized carbons (Fsp3) is 0.519. The van der Waals surface area contributed by atoms with E-state index < -0.39 is 6.04 Å². The molecule has 2 amide bonds. The smallest absolute Gasteiger partial charge is 0.320 e. The minimum absolute atomic E-state index is 0.0615. The Hall–Kier alpha value is -3.67. The molecule has 2 aromatic rings. The molecule has 0 saturated carbocycles. The van der Waals surface area contributed by atoms with E-state index in [4.69, 9.17) is 14.5 Å². The first kappa shape index (κ1) is 25.4. The second kappa shape index (κ2) is 11.8. The van der Waals surface area contributed by atoms with E-state index in [0.717, 1.165) is 42.6 Å². The number of hydrogen-bond acceptors (Lipinski definition) is 7. The molecule has 0 N–H and O–H groups in total. The number of nitriles is 1. The van der Waals surface area contributed by atoms with Crippen LogP contribution in [0.2, 0.25) is 0 Å². The third-order valence-corrected chi connectivity index (χ3v) is 6.86. The Morgan fingerprint density at radius 3 is 2.81 bits per heavy atom. The third-order valence-electron chi connectivity index (χ3n) is 6.86. The highest BCUT2D eigenvalue weighted by Crippen LogP contribution is 2.29. The molecule has 2 aliphatic rings. The van der Waals surface area contributed by atoms with Gasteiger partial charge in [-0.05, 0) is 62.6 Å². The van der Waals surface area contributed by atoms with Gasteiger partial charge in [0.05, 0.1) is 37.4 Å². The average molecular weight is 492 g/mol. The summed E-state index contributed by atoms with van der Waals surface area (Å²) in [6.07, 6.45) is 7.31. The summed E-state index contributed by atoms with van der Waals surface area (Å²) in [5, 5.41) is 9.61. The number of aromatic nitrogens is 2. The summed E-state index contributed by atoms with van der Waals surface area (Å²) in [4.78, 5) is 38.3. The van der Waals surface area contributed by atoms with Gasteiger partial charge in [0.15, 0.2) is 0 Å². The zero-order valence-electron chi connectivity index (χ0n) is 21.0. The van der Waals surface area contributed by atoms with Crippen molar-refractivity contribution in [2.45, 2.75) is 57.9 Å². The molecule has 4 rings (SSSR count). The van der Waals surface area contributed by atoms with E-state index in [1.807, 2.05) is 12.1 Å². The number of nitrogens with zero attached hydrogens (tertiary/aromatic N) is 5. The highest BCUT2D eigenvalue weighted by atomic mass is 16.5. The molecule has 1 atom stereocenters. The number of fused-ring (bicyclic) bond motifs is 1. The summed E-state index contributed by atoms with van der Waals surface area (Å²) in [5.41, 5.74) is 4.55. The molecule has 1 saturated heterocycles. The Kier molecular flexibility index (Phi) is 8.36. The molecule has 3 heterocycles. The molecule has 36 heavy (non-hydrogen) atoms. The van der Waals surface area contributed by atoms with Crippen LogP contribution < -0.4 is 4.74 Å². The summed E-state index contributed by atoms with van der Waals surface area (Å²) >= 11 is 0. The molecule has 190 valence electrons. The Bertz CT molecular complexity index is 1130. The van der Waals surface area contributed by atoms with Gasteiger partial charge in [-0.3, -0.25) is 9.78 Å². The van der Waals surface area contributed by atoms with Crippen LogP contribution in [0.5, 0.6) is 5.88 Å². The number of aryl methyl sites for hydroxylation is 3. The minimum Gasteiger partial charge on any atom is -0.481 e. The van der Waals surface area contributed by atoms with Gasteiger partial charge >= 0.3 is 12.0 Å². The summed E-state index contributed by atoms with van der Waals surface area (Å²) in [6.45, 7) is 3.69.